The second kappa shape index (κ2) is 7.91. The van der Waals surface area contributed by atoms with Gasteiger partial charge in [-0.3, -0.25) is 9.79 Å². The molecule has 0 aromatic rings. The van der Waals surface area contributed by atoms with Crippen LogP contribution in [-0.2, 0) is 4.79 Å². The maximum absolute atomic E-state index is 11.2. The third kappa shape index (κ3) is 8.03. The summed E-state index contributed by atoms with van der Waals surface area (Å²) in [5, 5.41) is 19.3. The number of hydrogen-bond acceptors (Lipinski definition) is 5. The van der Waals surface area contributed by atoms with Crippen LogP contribution in [0.5, 0.6) is 0 Å². The first-order chi connectivity index (χ1) is 7.43. The minimum atomic E-state index is -1.57. The van der Waals surface area contributed by atoms with E-state index in [1.165, 1.54) is 0 Å². The first-order valence-electron chi connectivity index (χ1n) is 4.88. The molecule has 0 spiro atoms. The fourth-order valence-electron chi connectivity index (χ4n) is 0.973. The first-order valence-corrected chi connectivity index (χ1v) is 4.88. The highest BCUT2D eigenvalue weighted by Crippen LogP contribution is 1.95. The molecule has 0 unspecified atom stereocenters. The Balaban J connectivity index is 3.67. The molecule has 1 amide bonds. The Labute approximate surface area is 94.0 Å². The standard InChI is InChI=1S/C7H18BN5O3/c9-5(2-1-3-12-7(10)11)6(14)13-4-8(15)16/h5,15-16H,1-4,9H2,(H,13,14)(H4,10,11,12)/t5-/m0/s1. The first kappa shape index (κ1) is 14.7. The normalized spacial score (nSPS) is 11.7. The lowest BCUT2D eigenvalue weighted by Crippen LogP contribution is -2.44. The Morgan fingerprint density at radius 2 is 2.06 bits per heavy atom. The second-order valence-corrected chi connectivity index (χ2v) is 3.28. The molecule has 16 heavy (non-hydrogen) atoms. The molecular formula is C7H18BN5O3. The minimum Gasteiger partial charge on any atom is -0.426 e. The van der Waals surface area contributed by atoms with Gasteiger partial charge in [0, 0.05) is 6.54 Å². The molecule has 0 aliphatic rings. The molecule has 0 aromatic heterocycles. The topological polar surface area (TPSA) is 160 Å². The summed E-state index contributed by atoms with van der Waals surface area (Å²) in [5.74, 6) is -0.431. The third-order valence-electron chi connectivity index (χ3n) is 1.76. The van der Waals surface area contributed by atoms with Crippen LogP contribution in [0.2, 0.25) is 0 Å². The van der Waals surface area contributed by atoms with Crippen LogP contribution in [0.3, 0.4) is 0 Å². The zero-order chi connectivity index (χ0) is 12.6. The number of aliphatic imine (C=N–C) groups is 1. The molecule has 9 heteroatoms. The van der Waals surface area contributed by atoms with Gasteiger partial charge in [-0.2, -0.15) is 0 Å². The van der Waals surface area contributed by atoms with E-state index in [9.17, 15) is 4.79 Å². The summed E-state index contributed by atoms with van der Waals surface area (Å²) in [6.07, 6.45) is 0.763. The van der Waals surface area contributed by atoms with Crippen LogP contribution in [0.4, 0.5) is 0 Å². The van der Waals surface area contributed by atoms with Crippen LogP contribution in [0.15, 0.2) is 4.99 Å². The molecule has 0 aliphatic carbocycles. The fraction of sp³-hybridized carbons (Fsp3) is 0.714. The van der Waals surface area contributed by atoms with Crippen molar-refractivity contribution in [1.29, 1.82) is 0 Å². The maximum Gasteiger partial charge on any atom is 0.472 e. The van der Waals surface area contributed by atoms with Crippen LogP contribution < -0.4 is 22.5 Å². The number of carbonyl (C=O) groups is 1. The lowest BCUT2D eigenvalue weighted by atomic mass is 9.92. The number of nitrogens with two attached hydrogens (primary N) is 3. The number of rotatable bonds is 7. The molecular weight excluding hydrogens is 213 g/mol. The summed E-state index contributed by atoms with van der Waals surface area (Å²) in [5.41, 5.74) is 15.8. The molecule has 0 saturated heterocycles. The number of amides is 1. The van der Waals surface area contributed by atoms with E-state index >= 15 is 0 Å². The summed E-state index contributed by atoms with van der Waals surface area (Å²) < 4.78 is 0. The SMILES string of the molecule is NC(N)=NCCC[C@H](N)C(=O)NCB(O)O. The highest BCUT2D eigenvalue weighted by Gasteiger charge is 2.15. The molecule has 0 radical (unpaired) electrons. The Morgan fingerprint density at radius 3 is 2.56 bits per heavy atom. The van der Waals surface area contributed by atoms with Crippen LogP contribution in [0, 0.1) is 0 Å². The third-order valence-corrected chi connectivity index (χ3v) is 1.76. The number of nitrogens with zero attached hydrogens (tertiary/aromatic N) is 1. The van der Waals surface area contributed by atoms with Gasteiger partial charge in [-0.05, 0) is 12.8 Å². The van der Waals surface area contributed by atoms with E-state index in [2.05, 4.69) is 10.3 Å². The van der Waals surface area contributed by atoms with Gasteiger partial charge in [-0.25, -0.2) is 0 Å². The summed E-state index contributed by atoms with van der Waals surface area (Å²) >= 11 is 0. The van der Waals surface area contributed by atoms with Crippen molar-refractivity contribution < 1.29 is 14.8 Å². The highest BCUT2D eigenvalue weighted by molar-refractivity contribution is 6.41. The van der Waals surface area contributed by atoms with E-state index in [4.69, 9.17) is 27.2 Å². The number of carbonyl (C=O) groups excluding carboxylic acids is 1. The molecule has 0 aliphatic heterocycles. The number of nitrogens with one attached hydrogen (secondary N) is 1. The molecule has 0 bridgehead atoms. The van der Waals surface area contributed by atoms with Crippen molar-refractivity contribution in [1.82, 2.24) is 5.32 Å². The van der Waals surface area contributed by atoms with Gasteiger partial charge in [0.1, 0.15) is 0 Å². The summed E-state index contributed by atoms with van der Waals surface area (Å²) in [6.45, 7) is 0.409. The molecule has 0 saturated carbocycles. The van der Waals surface area contributed by atoms with E-state index in [-0.39, 0.29) is 12.4 Å². The van der Waals surface area contributed by atoms with Gasteiger partial charge >= 0.3 is 7.12 Å². The van der Waals surface area contributed by atoms with Gasteiger partial charge in [-0.1, -0.05) is 0 Å². The van der Waals surface area contributed by atoms with Crippen LogP contribution in [-0.4, -0.2) is 48.1 Å². The monoisotopic (exact) mass is 231 g/mol. The van der Waals surface area contributed by atoms with Crippen molar-refractivity contribution in [3.8, 4) is 0 Å². The van der Waals surface area contributed by atoms with Crippen molar-refractivity contribution in [3.05, 3.63) is 0 Å². The molecule has 0 rings (SSSR count). The van der Waals surface area contributed by atoms with E-state index in [0.717, 1.165) is 0 Å². The lowest BCUT2D eigenvalue weighted by Gasteiger charge is -2.11. The van der Waals surface area contributed by atoms with Crippen LogP contribution in [0.1, 0.15) is 12.8 Å². The number of guanidine groups is 1. The van der Waals surface area contributed by atoms with Gasteiger partial charge in [0.15, 0.2) is 5.96 Å². The largest absolute Gasteiger partial charge is 0.472 e. The Bertz CT molecular complexity index is 244. The van der Waals surface area contributed by atoms with E-state index in [0.29, 0.717) is 19.4 Å². The zero-order valence-corrected chi connectivity index (χ0v) is 8.97. The van der Waals surface area contributed by atoms with Gasteiger partial charge in [0.2, 0.25) is 5.91 Å². The van der Waals surface area contributed by atoms with Crippen molar-refractivity contribution in [2.75, 3.05) is 13.0 Å². The van der Waals surface area contributed by atoms with E-state index in [1.54, 1.807) is 0 Å². The molecule has 1 atom stereocenters. The Morgan fingerprint density at radius 1 is 1.44 bits per heavy atom. The summed E-state index contributed by atoms with van der Waals surface area (Å²) in [6, 6.07) is -0.701. The quantitative estimate of drug-likeness (QED) is 0.115. The van der Waals surface area contributed by atoms with Crippen molar-refractivity contribution in [3.63, 3.8) is 0 Å². The fourth-order valence-corrected chi connectivity index (χ4v) is 0.973. The second-order valence-electron chi connectivity index (χ2n) is 3.28. The van der Waals surface area contributed by atoms with Crippen molar-refractivity contribution in [2.24, 2.45) is 22.2 Å². The lowest BCUT2D eigenvalue weighted by molar-refractivity contribution is -0.122. The predicted octanol–water partition coefficient (Wildman–Crippen LogP) is -3.50. The van der Waals surface area contributed by atoms with E-state index < -0.39 is 19.1 Å². The van der Waals surface area contributed by atoms with Crippen LogP contribution >= 0.6 is 0 Å². The number of hydrogen-bond donors (Lipinski definition) is 6. The molecule has 0 fully saturated rings. The van der Waals surface area contributed by atoms with Gasteiger partial charge in [0.25, 0.3) is 0 Å². The maximum atomic E-state index is 11.2. The van der Waals surface area contributed by atoms with Crippen molar-refractivity contribution >= 4 is 19.0 Å². The highest BCUT2D eigenvalue weighted by atomic mass is 16.4. The molecule has 8 nitrogen and oxygen atoms in total. The Hall–Kier alpha value is -1.32. The van der Waals surface area contributed by atoms with E-state index in [1.807, 2.05) is 0 Å². The summed E-state index contributed by atoms with van der Waals surface area (Å²) in [4.78, 5) is 15.0. The van der Waals surface area contributed by atoms with Crippen molar-refractivity contribution in [2.45, 2.75) is 18.9 Å². The van der Waals surface area contributed by atoms with Gasteiger partial charge in [-0.15, -0.1) is 0 Å². The Kier molecular flexibility index (Phi) is 7.26. The van der Waals surface area contributed by atoms with Gasteiger partial charge < -0.3 is 32.6 Å². The zero-order valence-electron chi connectivity index (χ0n) is 8.97. The smallest absolute Gasteiger partial charge is 0.426 e. The average molecular weight is 231 g/mol. The summed E-state index contributed by atoms with van der Waals surface area (Å²) in [7, 11) is -1.57. The molecule has 92 valence electrons. The van der Waals surface area contributed by atoms with Crippen LogP contribution in [0.25, 0.3) is 0 Å². The average Bonchev–Trinajstić information content (AvgIpc) is 2.20. The molecule has 9 N–H and O–H groups in total. The van der Waals surface area contributed by atoms with Gasteiger partial charge in [0.05, 0.1) is 12.5 Å². The minimum absolute atomic E-state index is 0.00132. The molecule has 0 heterocycles. The molecule has 0 aromatic carbocycles. The predicted molar refractivity (Wildman–Crippen MR) is 61.1 cm³/mol.